The van der Waals surface area contributed by atoms with Crippen LogP contribution in [-0.4, -0.2) is 41.3 Å². The SMILES string of the molecule is CN(CCO)C(=O)Cc1cc(-c2ccccc2)on1. The molecule has 2 aromatic rings. The molecule has 0 aliphatic rings. The lowest BCUT2D eigenvalue weighted by atomic mass is 10.1. The van der Waals surface area contributed by atoms with Crippen LogP contribution in [0.3, 0.4) is 0 Å². The molecule has 19 heavy (non-hydrogen) atoms. The fourth-order valence-electron chi connectivity index (χ4n) is 1.70. The third-order valence-corrected chi connectivity index (χ3v) is 2.81. The van der Waals surface area contributed by atoms with Crippen molar-refractivity contribution in [3.63, 3.8) is 0 Å². The Morgan fingerprint density at radius 2 is 2.11 bits per heavy atom. The predicted molar refractivity (Wildman–Crippen MR) is 70.4 cm³/mol. The summed E-state index contributed by atoms with van der Waals surface area (Å²) in [5.41, 5.74) is 1.52. The standard InChI is InChI=1S/C14H16N2O3/c1-16(7-8-17)14(18)10-12-9-13(19-15-12)11-5-3-2-4-6-11/h2-6,9,17H,7-8,10H2,1H3. The van der Waals surface area contributed by atoms with Crippen LogP contribution in [0, 0.1) is 0 Å². The van der Waals surface area contributed by atoms with E-state index in [-0.39, 0.29) is 18.9 Å². The number of benzene rings is 1. The number of hydrogen-bond acceptors (Lipinski definition) is 4. The van der Waals surface area contributed by atoms with Gasteiger partial charge in [-0.3, -0.25) is 4.79 Å². The van der Waals surface area contributed by atoms with Crippen molar-refractivity contribution in [2.24, 2.45) is 0 Å². The van der Waals surface area contributed by atoms with E-state index in [0.29, 0.717) is 18.0 Å². The molecule has 5 heteroatoms. The van der Waals surface area contributed by atoms with Crippen LogP contribution in [0.1, 0.15) is 5.69 Å². The van der Waals surface area contributed by atoms with Gasteiger partial charge in [0.15, 0.2) is 5.76 Å². The molecule has 1 N–H and O–H groups in total. The van der Waals surface area contributed by atoms with Crippen molar-refractivity contribution in [3.8, 4) is 11.3 Å². The van der Waals surface area contributed by atoms with E-state index in [1.165, 1.54) is 4.90 Å². The third kappa shape index (κ3) is 3.42. The van der Waals surface area contributed by atoms with Gasteiger partial charge in [0.05, 0.1) is 18.7 Å². The molecule has 1 aromatic carbocycles. The minimum atomic E-state index is -0.0954. The maximum Gasteiger partial charge on any atom is 0.228 e. The van der Waals surface area contributed by atoms with E-state index < -0.39 is 0 Å². The van der Waals surface area contributed by atoms with Crippen molar-refractivity contribution in [1.82, 2.24) is 10.1 Å². The molecule has 1 aromatic heterocycles. The van der Waals surface area contributed by atoms with Crippen LogP contribution in [0.4, 0.5) is 0 Å². The van der Waals surface area contributed by atoms with Crippen LogP contribution in [0.2, 0.25) is 0 Å². The highest BCUT2D eigenvalue weighted by Crippen LogP contribution is 2.19. The van der Waals surface area contributed by atoms with Gasteiger partial charge in [-0.2, -0.15) is 0 Å². The van der Waals surface area contributed by atoms with Gasteiger partial charge in [0.25, 0.3) is 0 Å². The zero-order valence-corrected chi connectivity index (χ0v) is 10.7. The van der Waals surface area contributed by atoms with E-state index in [4.69, 9.17) is 9.63 Å². The van der Waals surface area contributed by atoms with Crippen LogP contribution in [0.25, 0.3) is 11.3 Å². The van der Waals surface area contributed by atoms with Crippen LogP contribution in [-0.2, 0) is 11.2 Å². The van der Waals surface area contributed by atoms with Crippen molar-refractivity contribution in [2.45, 2.75) is 6.42 Å². The van der Waals surface area contributed by atoms with Crippen molar-refractivity contribution >= 4 is 5.91 Å². The molecule has 100 valence electrons. The smallest absolute Gasteiger partial charge is 0.228 e. The topological polar surface area (TPSA) is 66.6 Å². The normalized spacial score (nSPS) is 10.4. The van der Waals surface area contributed by atoms with Gasteiger partial charge in [-0.05, 0) is 0 Å². The van der Waals surface area contributed by atoms with Gasteiger partial charge in [-0.25, -0.2) is 0 Å². The number of likely N-dealkylation sites (N-methyl/N-ethyl adjacent to an activating group) is 1. The molecule has 2 rings (SSSR count). The number of nitrogens with zero attached hydrogens (tertiary/aromatic N) is 2. The first-order valence-corrected chi connectivity index (χ1v) is 6.06. The summed E-state index contributed by atoms with van der Waals surface area (Å²) in [5.74, 6) is 0.551. The summed E-state index contributed by atoms with van der Waals surface area (Å²) in [6.07, 6.45) is 0.173. The van der Waals surface area contributed by atoms with Gasteiger partial charge < -0.3 is 14.5 Å². The minimum Gasteiger partial charge on any atom is -0.395 e. The van der Waals surface area contributed by atoms with E-state index in [1.54, 1.807) is 13.1 Å². The molecular formula is C14H16N2O3. The first-order valence-electron chi connectivity index (χ1n) is 6.06. The molecular weight excluding hydrogens is 244 g/mol. The summed E-state index contributed by atoms with van der Waals surface area (Å²) in [6, 6.07) is 11.4. The maximum absolute atomic E-state index is 11.8. The summed E-state index contributed by atoms with van der Waals surface area (Å²) in [5, 5.41) is 12.7. The largest absolute Gasteiger partial charge is 0.395 e. The Morgan fingerprint density at radius 1 is 1.37 bits per heavy atom. The molecule has 0 saturated heterocycles. The Hall–Kier alpha value is -2.14. The number of aliphatic hydroxyl groups is 1. The van der Waals surface area contributed by atoms with Crippen LogP contribution < -0.4 is 0 Å². The monoisotopic (exact) mass is 260 g/mol. The second kappa shape index (κ2) is 6.15. The predicted octanol–water partition coefficient (Wildman–Crippen LogP) is 1.33. The summed E-state index contributed by atoms with van der Waals surface area (Å²) < 4.78 is 5.22. The maximum atomic E-state index is 11.8. The first kappa shape index (κ1) is 13.3. The van der Waals surface area contributed by atoms with E-state index >= 15 is 0 Å². The van der Waals surface area contributed by atoms with Crippen molar-refractivity contribution in [1.29, 1.82) is 0 Å². The molecule has 0 atom stereocenters. The van der Waals surface area contributed by atoms with Crippen LogP contribution in [0.5, 0.6) is 0 Å². The highest BCUT2D eigenvalue weighted by molar-refractivity contribution is 5.78. The van der Waals surface area contributed by atoms with Gasteiger partial charge in [0.1, 0.15) is 0 Å². The van der Waals surface area contributed by atoms with E-state index in [1.807, 2.05) is 30.3 Å². The number of aliphatic hydroxyl groups excluding tert-OH is 1. The summed E-state index contributed by atoms with van der Waals surface area (Å²) in [6.45, 7) is 0.276. The molecule has 1 heterocycles. The van der Waals surface area contributed by atoms with Crippen molar-refractivity contribution in [3.05, 3.63) is 42.1 Å². The molecule has 0 unspecified atom stereocenters. The van der Waals surface area contributed by atoms with Gasteiger partial charge in [-0.1, -0.05) is 35.5 Å². The second-order valence-corrected chi connectivity index (χ2v) is 4.26. The van der Waals surface area contributed by atoms with Gasteiger partial charge in [0.2, 0.25) is 5.91 Å². The quantitative estimate of drug-likeness (QED) is 0.880. The lowest BCUT2D eigenvalue weighted by molar-refractivity contribution is -0.129. The summed E-state index contributed by atoms with van der Waals surface area (Å²) in [4.78, 5) is 13.3. The lowest BCUT2D eigenvalue weighted by Gasteiger charge is -2.14. The molecule has 0 fully saturated rings. The number of aromatic nitrogens is 1. The third-order valence-electron chi connectivity index (χ3n) is 2.81. The highest BCUT2D eigenvalue weighted by atomic mass is 16.5. The van der Waals surface area contributed by atoms with Crippen molar-refractivity contribution in [2.75, 3.05) is 20.2 Å². The van der Waals surface area contributed by atoms with Gasteiger partial charge >= 0.3 is 0 Å². The Morgan fingerprint density at radius 3 is 2.79 bits per heavy atom. The lowest BCUT2D eigenvalue weighted by Crippen LogP contribution is -2.30. The molecule has 0 saturated carbocycles. The van der Waals surface area contributed by atoms with Gasteiger partial charge in [0, 0.05) is 25.2 Å². The zero-order chi connectivity index (χ0) is 13.7. The second-order valence-electron chi connectivity index (χ2n) is 4.26. The Bertz CT molecular complexity index is 537. The Labute approximate surface area is 111 Å². The van der Waals surface area contributed by atoms with Crippen LogP contribution in [0.15, 0.2) is 40.9 Å². The van der Waals surface area contributed by atoms with Crippen molar-refractivity contribution < 1.29 is 14.4 Å². The van der Waals surface area contributed by atoms with E-state index in [2.05, 4.69) is 5.16 Å². The fourth-order valence-corrected chi connectivity index (χ4v) is 1.70. The molecule has 0 spiro atoms. The first-order chi connectivity index (χ1) is 9.20. The number of carbonyl (C=O) groups is 1. The molecule has 0 aliphatic heterocycles. The summed E-state index contributed by atoms with van der Waals surface area (Å²) in [7, 11) is 1.65. The minimum absolute atomic E-state index is 0.0453. The number of rotatable bonds is 5. The summed E-state index contributed by atoms with van der Waals surface area (Å²) >= 11 is 0. The number of hydrogen-bond donors (Lipinski definition) is 1. The molecule has 0 bridgehead atoms. The van der Waals surface area contributed by atoms with Gasteiger partial charge in [-0.15, -0.1) is 0 Å². The van der Waals surface area contributed by atoms with E-state index in [0.717, 1.165) is 5.56 Å². The molecule has 1 amide bonds. The average molecular weight is 260 g/mol. The molecule has 0 aliphatic carbocycles. The van der Waals surface area contributed by atoms with E-state index in [9.17, 15) is 4.79 Å². The highest BCUT2D eigenvalue weighted by Gasteiger charge is 2.13. The average Bonchev–Trinajstić information content (AvgIpc) is 2.88. The zero-order valence-electron chi connectivity index (χ0n) is 10.7. The number of amides is 1. The fraction of sp³-hybridized carbons (Fsp3) is 0.286. The Balaban J connectivity index is 2.04. The Kier molecular flexibility index (Phi) is 4.30. The van der Waals surface area contributed by atoms with Crippen LogP contribution >= 0.6 is 0 Å². The molecule has 0 radical (unpaired) electrons. The molecule has 5 nitrogen and oxygen atoms in total. The number of carbonyl (C=O) groups excluding carboxylic acids is 1.